The first-order valence-electron chi connectivity index (χ1n) is 11.3. The van der Waals surface area contributed by atoms with Gasteiger partial charge in [0.15, 0.2) is 0 Å². The van der Waals surface area contributed by atoms with Gasteiger partial charge in [0.05, 0.1) is 5.69 Å². The molecule has 0 bridgehead atoms. The summed E-state index contributed by atoms with van der Waals surface area (Å²) in [5.74, 6) is 0.478. The number of nitrogens with zero attached hydrogens (tertiary/aromatic N) is 6. The fourth-order valence-corrected chi connectivity index (χ4v) is 4.40. The number of rotatable bonds is 6. The van der Waals surface area contributed by atoms with E-state index in [0.29, 0.717) is 36.6 Å². The third-order valence-electron chi connectivity index (χ3n) is 6.16. The molecule has 1 amide bonds. The Labute approximate surface area is 188 Å². The summed E-state index contributed by atoms with van der Waals surface area (Å²) in [6.45, 7) is 4.90. The summed E-state index contributed by atoms with van der Waals surface area (Å²) in [6.07, 6.45) is 4.95. The number of halogens is 1. The highest BCUT2D eigenvalue weighted by atomic mass is 19.1. The van der Waals surface area contributed by atoms with Crippen molar-refractivity contribution in [3.8, 4) is 11.1 Å². The van der Waals surface area contributed by atoms with Crippen molar-refractivity contribution in [1.82, 2.24) is 19.9 Å². The Bertz CT molecular complexity index is 1010. The zero-order chi connectivity index (χ0) is 22.7. The maximum Gasteiger partial charge on any atom is 0.225 e. The van der Waals surface area contributed by atoms with E-state index >= 15 is 0 Å². The minimum Gasteiger partial charge on any atom is -0.347 e. The lowest BCUT2D eigenvalue weighted by atomic mass is 9.89. The fraction of sp³-hybridized carbons (Fsp3) is 0.500. The predicted octanol–water partition coefficient (Wildman–Crippen LogP) is 3.53. The van der Waals surface area contributed by atoms with Gasteiger partial charge in [-0.25, -0.2) is 14.4 Å². The van der Waals surface area contributed by atoms with Crippen LogP contribution in [0.5, 0.6) is 0 Å². The highest BCUT2D eigenvalue weighted by Gasteiger charge is 2.29. The Balaban J connectivity index is 1.54. The van der Waals surface area contributed by atoms with Crippen LogP contribution in [0.3, 0.4) is 0 Å². The van der Waals surface area contributed by atoms with Gasteiger partial charge in [-0.05, 0) is 25.8 Å². The van der Waals surface area contributed by atoms with Crippen molar-refractivity contribution < 1.29 is 9.18 Å². The Kier molecular flexibility index (Phi) is 6.67. The van der Waals surface area contributed by atoms with Crippen LogP contribution in [0.4, 0.5) is 10.3 Å². The van der Waals surface area contributed by atoms with Gasteiger partial charge in [0.25, 0.3) is 0 Å². The summed E-state index contributed by atoms with van der Waals surface area (Å²) in [4.78, 5) is 26.0. The highest BCUT2D eigenvalue weighted by molar-refractivity contribution is 5.83. The number of likely N-dealkylation sites (tertiary alicyclic amines) is 1. The largest absolute Gasteiger partial charge is 0.347 e. The quantitative estimate of drug-likeness (QED) is 0.690. The van der Waals surface area contributed by atoms with Gasteiger partial charge in [-0.2, -0.15) is 5.10 Å². The molecule has 2 aromatic rings. The summed E-state index contributed by atoms with van der Waals surface area (Å²) in [5.41, 5.74) is 3.14. The van der Waals surface area contributed by atoms with E-state index in [4.69, 9.17) is 4.98 Å². The molecular weight excluding hydrogens is 407 g/mol. The van der Waals surface area contributed by atoms with Crippen molar-refractivity contribution >= 4 is 17.6 Å². The number of amides is 1. The van der Waals surface area contributed by atoms with Crippen LogP contribution >= 0.6 is 0 Å². The van der Waals surface area contributed by atoms with Crippen molar-refractivity contribution in [2.45, 2.75) is 38.5 Å². The Morgan fingerprint density at radius 2 is 2.03 bits per heavy atom. The fourth-order valence-electron chi connectivity index (χ4n) is 4.40. The van der Waals surface area contributed by atoms with Crippen molar-refractivity contribution in [1.29, 1.82) is 0 Å². The molecule has 1 aromatic carbocycles. The van der Waals surface area contributed by atoms with Crippen molar-refractivity contribution in [2.75, 3.05) is 45.2 Å². The van der Waals surface area contributed by atoms with Crippen LogP contribution in [0.25, 0.3) is 11.1 Å². The third kappa shape index (κ3) is 4.89. The number of hydrogen-bond acceptors (Lipinski definition) is 6. The van der Waals surface area contributed by atoms with Gasteiger partial charge in [-0.3, -0.25) is 9.80 Å². The van der Waals surface area contributed by atoms with Crippen LogP contribution in [0.1, 0.15) is 44.2 Å². The number of hydrogen-bond donors (Lipinski definition) is 0. The Morgan fingerprint density at radius 3 is 2.75 bits per heavy atom. The van der Waals surface area contributed by atoms with Gasteiger partial charge < -0.3 is 9.80 Å². The maximum absolute atomic E-state index is 14.6. The summed E-state index contributed by atoms with van der Waals surface area (Å²) in [7, 11) is 3.78. The molecule has 3 heterocycles. The normalized spacial score (nSPS) is 18.6. The zero-order valence-electron chi connectivity index (χ0n) is 19.1. The first kappa shape index (κ1) is 22.2. The number of carbonyl (C=O) groups is 1. The summed E-state index contributed by atoms with van der Waals surface area (Å²) < 4.78 is 14.6. The second-order valence-electron chi connectivity index (χ2n) is 8.81. The lowest BCUT2D eigenvalue weighted by Gasteiger charge is -2.34. The van der Waals surface area contributed by atoms with Crippen LogP contribution < -0.4 is 4.90 Å². The van der Waals surface area contributed by atoms with Gasteiger partial charge in [-0.1, -0.05) is 18.2 Å². The number of aromatic nitrogens is 2. The number of carbonyl (C=O) groups excluding carboxylic acids is 1. The number of benzene rings is 1. The Morgan fingerprint density at radius 1 is 1.22 bits per heavy atom. The molecule has 0 aliphatic carbocycles. The smallest absolute Gasteiger partial charge is 0.225 e. The standard InChI is InChI=1S/C24H31FN6O/c1-17-10-13-31(28-17)14-11-22(32)30-12-6-7-18(16-30)23-20(15-26-24(27-23)29(2)3)19-8-4-5-9-21(19)25/h4-5,8-9,15,18H,6-7,10-14,16H2,1-3H3. The molecule has 0 N–H and O–H groups in total. The van der Waals surface area contributed by atoms with Gasteiger partial charge in [-0.15, -0.1) is 0 Å². The summed E-state index contributed by atoms with van der Waals surface area (Å²) >= 11 is 0. The third-order valence-corrected chi connectivity index (χ3v) is 6.16. The molecule has 0 radical (unpaired) electrons. The lowest BCUT2D eigenvalue weighted by Crippen LogP contribution is -2.40. The minimum atomic E-state index is -0.292. The van der Waals surface area contributed by atoms with E-state index in [-0.39, 0.29) is 17.6 Å². The van der Waals surface area contributed by atoms with E-state index < -0.39 is 0 Å². The topological polar surface area (TPSA) is 64.9 Å². The number of hydrazone groups is 1. The second-order valence-corrected chi connectivity index (χ2v) is 8.81. The van der Waals surface area contributed by atoms with E-state index in [1.807, 2.05) is 41.9 Å². The molecule has 0 saturated carbocycles. The summed E-state index contributed by atoms with van der Waals surface area (Å²) in [5, 5.41) is 6.45. The molecule has 8 heteroatoms. The minimum absolute atomic E-state index is 0.0380. The van der Waals surface area contributed by atoms with Crippen LogP contribution in [-0.4, -0.2) is 71.8 Å². The first-order valence-corrected chi connectivity index (χ1v) is 11.3. The average molecular weight is 439 g/mol. The molecule has 1 atom stereocenters. The first-order chi connectivity index (χ1) is 15.4. The van der Waals surface area contributed by atoms with E-state index in [1.54, 1.807) is 18.3 Å². The van der Waals surface area contributed by atoms with Crippen LogP contribution in [0.2, 0.25) is 0 Å². The molecule has 1 aromatic heterocycles. The van der Waals surface area contributed by atoms with E-state index in [0.717, 1.165) is 43.8 Å². The highest BCUT2D eigenvalue weighted by Crippen LogP contribution is 2.35. The molecule has 1 saturated heterocycles. The van der Waals surface area contributed by atoms with Gasteiger partial charge in [0.2, 0.25) is 11.9 Å². The van der Waals surface area contributed by atoms with Gasteiger partial charge >= 0.3 is 0 Å². The number of piperidine rings is 1. The van der Waals surface area contributed by atoms with Crippen LogP contribution in [0, 0.1) is 5.82 Å². The summed E-state index contributed by atoms with van der Waals surface area (Å²) in [6, 6.07) is 6.72. The lowest BCUT2D eigenvalue weighted by molar-refractivity contribution is -0.132. The zero-order valence-corrected chi connectivity index (χ0v) is 19.1. The molecule has 1 fully saturated rings. The molecular formula is C24H31FN6O. The van der Waals surface area contributed by atoms with Crippen LogP contribution in [0.15, 0.2) is 35.6 Å². The monoisotopic (exact) mass is 438 g/mol. The van der Waals surface area contributed by atoms with E-state index in [1.165, 1.54) is 6.07 Å². The van der Waals surface area contributed by atoms with E-state index in [9.17, 15) is 9.18 Å². The van der Waals surface area contributed by atoms with Crippen molar-refractivity contribution in [3.05, 3.63) is 42.0 Å². The second kappa shape index (κ2) is 9.63. The molecule has 170 valence electrons. The van der Waals surface area contributed by atoms with Crippen LogP contribution in [-0.2, 0) is 4.79 Å². The SMILES string of the molecule is CC1=NN(CCC(=O)N2CCCC(c3nc(N(C)C)ncc3-c3ccccc3F)C2)CC1. The molecule has 32 heavy (non-hydrogen) atoms. The van der Waals surface area contributed by atoms with Crippen molar-refractivity contribution in [3.63, 3.8) is 0 Å². The Hall–Kier alpha value is -3.03. The molecule has 2 aliphatic heterocycles. The molecule has 1 unspecified atom stereocenters. The molecule has 7 nitrogen and oxygen atoms in total. The number of anilines is 1. The van der Waals surface area contributed by atoms with Gasteiger partial charge in [0, 0.05) is 82.1 Å². The van der Waals surface area contributed by atoms with E-state index in [2.05, 4.69) is 10.1 Å². The maximum atomic E-state index is 14.6. The van der Waals surface area contributed by atoms with Crippen molar-refractivity contribution in [2.24, 2.45) is 5.10 Å². The molecule has 2 aliphatic rings. The molecule has 0 spiro atoms. The average Bonchev–Trinajstić information content (AvgIpc) is 3.22. The molecule has 4 rings (SSSR count). The van der Waals surface area contributed by atoms with Gasteiger partial charge in [0.1, 0.15) is 5.82 Å². The predicted molar refractivity (Wildman–Crippen MR) is 124 cm³/mol.